The molecule has 2 aromatic carbocycles. The molecule has 32 heavy (non-hydrogen) atoms. The molecule has 1 heterocycles. The fourth-order valence-electron chi connectivity index (χ4n) is 2.64. The van der Waals surface area contributed by atoms with Crippen molar-refractivity contribution >= 4 is 17.5 Å². The van der Waals surface area contributed by atoms with Crippen molar-refractivity contribution in [3.63, 3.8) is 0 Å². The first-order chi connectivity index (χ1) is 15.0. The molecular formula is C20H13ClF5N3O3. The van der Waals surface area contributed by atoms with Crippen molar-refractivity contribution < 1.29 is 31.9 Å². The summed E-state index contributed by atoms with van der Waals surface area (Å²) in [5.74, 6) is -2.80. The number of rotatable bonds is 5. The molecule has 0 radical (unpaired) electrons. The zero-order chi connectivity index (χ0) is 23.6. The van der Waals surface area contributed by atoms with Gasteiger partial charge in [-0.05, 0) is 36.4 Å². The topological polar surface area (TPSA) is 84.2 Å². The van der Waals surface area contributed by atoms with Gasteiger partial charge in [0.05, 0.1) is 22.9 Å². The van der Waals surface area contributed by atoms with E-state index in [9.17, 15) is 31.5 Å². The van der Waals surface area contributed by atoms with Gasteiger partial charge in [0.25, 0.3) is 11.5 Å². The normalized spacial score (nSPS) is 12.5. The van der Waals surface area contributed by atoms with E-state index in [2.05, 4.69) is 5.10 Å². The summed E-state index contributed by atoms with van der Waals surface area (Å²) >= 11 is 5.66. The van der Waals surface area contributed by atoms with Gasteiger partial charge in [-0.15, -0.1) is 0 Å². The van der Waals surface area contributed by atoms with E-state index in [0.717, 1.165) is 24.3 Å². The standard InChI is InChI=1S/C20H13ClF5N3O3/c21-14-5-4-10(6-15(14)23)16-8-13(18(31)27-9-17(30)20(24,25)26)19(32)29(28-16)12-3-1-2-11(22)7-12/h1-8,17,30H,9H2,(H,27,31). The van der Waals surface area contributed by atoms with Crippen LogP contribution in [0.1, 0.15) is 10.4 Å². The Morgan fingerprint density at radius 3 is 2.50 bits per heavy atom. The quantitative estimate of drug-likeness (QED) is 0.556. The highest BCUT2D eigenvalue weighted by molar-refractivity contribution is 6.30. The number of nitrogens with one attached hydrogen (secondary N) is 1. The number of hydrogen-bond acceptors (Lipinski definition) is 4. The highest BCUT2D eigenvalue weighted by atomic mass is 35.5. The zero-order valence-corrected chi connectivity index (χ0v) is 16.6. The number of carbonyl (C=O) groups excluding carboxylic acids is 1. The lowest BCUT2D eigenvalue weighted by atomic mass is 10.1. The second-order valence-corrected chi connectivity index (χ2v) is 6.94. The lowest BCUT2D eigenvalue weighted by Gasteiger charge is -2.15. The smallest absolute Gasteiger partial charge is 0.382 e. The number of aliphatic hydroxyl groups is 1. The average Bonchev–Trinajstić information content (AvgIpc) is 2.73. The number of halogens is 6. The van der Waals surface area contributed by atoms with E-state index in [1.165, 1.54) is 24.3 Å². The Kier molecular flexibility index (Phi) is 6.60. The van der Waals surface area contributed by atoms with Gasteiger partial charge in [-0.3, -0.25) is 9.59 Å². The molecule has 0 aliphatic heterocycles. The molecule has 0 saturated carbocycles. The molecule has 1 aromatic heterocycles. The van der Waals surface area contributed by atoms with Crippen LogP contribution in [-0.4, -0.2) is 39.6 Å². The van der Waals surface area contributed by atoms with Crippen molar-refractivity contribution in [3.05, 3.63) is 81.1 Å². The van der Waals surface area contributed by atoms with Gasteiger partial charge in [0.15, 0.2) is 6.10 Å². The van der Waals surface area contributed by atoms with E-state index in [1.54, 1.807) is 0 Å². The summed E-state index contributed by atoms with van der Waals surface area (Å²) in [6, 6.07) is 9.06. The van der Waals surface area contributed by atoms with Gasteiger partial charge in [-0.2, -0.15) is 23.0 Å². The van der Waals surface area contributed by atoms with Crippen LogP contribution < -0.4 is 10.9 Å². The Morgan fingerprint density at radius 1 is 1.16 bits per heavy atom. The van der Waals surface area contributed by atoms with Crippen molar-refractivity contribution in [2.75, 3.05) is 6.54 Å². The van der Waals surface area contributed by atoms with Crippen molar-refractivity contribution in [2.45, 2.75) is 12.3 Å². The number of benzene rings is 2. The third-order valence-corrected chi connectivity index (χ3v) is 4.56. The molecule has 0 spiro atoms. The van der Waals surface area contributed by atoms with Crippen LogP contribution in [0.15, 0.2) is 53.3 Å². The van der Waals surface area contributed by atoms with Gasteiger partial charge in [0.2, 0.25) is 0 Å². The summed E-state index contributed by atoms with van der Waals surface area (Å²) in [4.78, 5) is 25.3. The molecular weight excluding hydrogens is 461 g/mol. The lowest BCUT2D eigenvalue weighted by molar-refractivity contribution is -0.201. The summed E-state index contributed by atoms with van der Waals surface area (Å²) in [7, 11) is 0. The van der Waals surface area contributed by atoms with E-state index in [0.29, 0.717) is 4.68 Å². The minimum atomic E-state index is -4.99. The first kappa shape index (κ1) is 23.4. The largest absolute Gasteiger partial charge is 0.416 e. The van der Waals surface area contributed by atoms with Crippen LogP contribution in [0.3, 0.4) is 0 Å². The number of hydrogen-bond donors (Lipinski definition) is 2. The molecule has 168 valence electrons. The first-order valence-electron chi connectivity index (χ1n) is 8.86. The molecule has 1 amide bonds. The molecule has 0 fully saturated rings. The highest BCUT2D eigenvalue weighted by Gasteiger charge is 2.38. The lowest BCUT2D eigenvalue weighted by Crippen LogP contribution is -2.42. The van der Waals surface area contributed by atoms with Crippen molar-refractivity contribution in [2.24, 2.45) is 0 Å². The van der Waals surface area contributed by atoms with Gasteiger partial charge in [-0.25, -0.2) is 8.78 Å². The molecule has 1 atom stereocenters. The second-order valence-electron chi connectivity index (χ2n) is 6.54. The SMILES string of the molecule is O=C(NCC(O)C(F)(F)F)c1cc(-c2ccc(Cl)c(F)c2)nn(-c2cccc(F)c2)c1=O. The van der Waals surface area contributed by atoms with Gasteiger partial charge in [0, 0.05) is 5.56 Å². The third kappa shape index (κ3) is 5.11. The van der Waals surface area contributed by atoms with E-state index >= 15 is 0 Å². The van der Waals surface area contributed by atoms with Crippen LogP contribution >= 0.6 is 11.6 Å². The van der Waals surface area contributed by atoms with E-state index in [4.69, 9.17) is 16.7 Å². The molecule has 0 aliphatic carbocycles. The summed E-state index contributed by atoms with van der Waals surface area (Å²) in [6.07, 6.45) is -7.84. The number of aromatic nitrogens is 2. The zero-order valence-electron chi connectivity index (χ0n) is 15.8. The van der Waals surface area contributed by atoms with Gasteiger partial charge in [0.1, 0.15) is 17.2 Å². The molecule has 3 rings (SSSR count). The maximum absolute atomic E-state index is 13.9. The molecule has 0 aliphatic rings. The van der Waals surface area contributed by atoms with E-state index in [1.807, 2.05) is 5.32 Å². The minimum absolute atomic E-state index is 0.0847. The van der Waals surface area contributed by atoms with Crippen LogP contribution in [0, 0.1) is 11.6 Å². The van der Waals surface area contributed by atoms with Crippen LogP contribution in [-0.2, 0) is 0 Å². The van der Waals surface area contributed by atoms with Crippen LogP contribution in [0.4, 0.5) is 22.0 Å². The second kappa shape index (κ2) is 9.05. The summed E-state index contributed by atoms with van der Waals surface area (Å²) in [5.41, 5.74) is -1.86. The Bertz CT molecular complexity index is 1230. The molecule has 3 aromatic rings. The summed E-state index contributed by atoms with van der Waals surface area (Å²) < 4.78 is 65.7. The number of nitrogens with zero attached hydrogens (tertiary/aromatic N) is 2. The van der Waals surface area contributed by atoms with Gasteiger partial charge < -0.3 is 10.4 Å². The van der Waals surface area contributed by atoms with Crippen molar-refractivity contribution in [1.29, 1.82) is 0 Å². The van der Waals surface area contributed by atoms with Gasteiger partial charge >= 0.3 is 6.18 Å². The Hall–Kier alpha value is -3.31. The van der Waals surface area contributed by atoms with E-state index < -0.39 is 47.5 Å². The predicted octanol–water partition coefficient (Wildman–Crippen LogP) is 3.48. The number of amides is 1. The number of carbonyl (C=O) groups is 1. The van der Waals surface area contributed by atoms with Crippen molar-refractivity contribution in [1.82, 2.24) is 15.1 Å². The summed E-state index contributed by atoms with van der Waals surface area (Å²) in [5, 5.41) is 14.7. The van der Waals surface area contributed by atoms with Crippen molar-refractivity contribution in [3.8, 4) is 16.9 Å². The van der Waals surface area contributed by atoms with Gasteiger partial charge in [-0.1, -0.05) is 23.7 Å². The Balaban J connectivity index is 2.11. The third-order valence-electron chi connectivity index (χ3n) is 4.26. The molecule has 0 saturated heterocycles. The molecule has 6 nitrogen and oxygen atoms in total. The highest BCUT2D eigenvalue weighted by Crippen LogP contribution is 2.24. The molecule has 12 heteroatoms. The predicted molar refractivity (Wildman–Crippen MR) is 105 cm³/mol. The van der Waals surface area contributed by atoms with Crippen LogP contribution in [0.25, 0.3) is 16.9 Å². The van der Waals surface area contributed by atoms with E-state index in [-0.39, 0.29) is 22.0 Å². The monoisotopic (exact) mass is 473 g/mol. The molecule has 2 N–H and O–H groups in total. The fraction of sp³-hybridized carbons (Fsp3) is 0.150. The summed E-state index contributed by atoms with van der Waals surface area (Å²) in [6.45, 7) is -1.21. The molecule has 1 unspecified atom stereocenters. The first-order valence-corrected chi connectivity index (χ1v) is 9.24. The maximum Gasteiger partial charge on any atom is 0.416 e. The minimum Gasteiger partial charge on any atom is -0.382 e. The maximum atomic E-state index is 13.9. The Morgan fingerprint density at radius 2 is 1.88 bits per heavy atom. The molecule has 0 bridgehead atoms. The Labute approximate surface area is 181 Å². The fourth-order valence-corrected chi connectivity index (χ4v) is 2.75. The number of alkyl halides is 3. The average molecular weight is 474 g/mol. The van der Waals surface area contributed by atoms with Crippen LogP contribution in [0.5, 0.6) is 0 Å². The number of aliphatic hydroxyl groups excluding tert-OH is 1. The van der Waals surface area contributed by atoms with Crippen LogP contribution in [0.2, 0.25) is 5.02 Å².